The van der Waals surface area contributed by atoms with Gasteiger partial charge in [-0.25, -0.2) is 0 Å². The third-order valence-electron chi connectivity index (χ3n) is 6.06. The third-order valence-corrected chi connectivity index (χ3v) is 6.06. The molecule has 1 saturated carbocycles. The summed E-state index contributed by atoms with van der Waals surface area (Å²) in [7, 11) is 1.87. The largest absolute Gasteiger partial charge is 0.379 e. The standard InChI is InChI=1S/C22H36N4O/c1-23-21(24-13-7-8-14-26-15-17-27-18-16-26)25-19-22(11-5-6-12-22)20-9-3-2-4-10-20/h2-4,9-10H,5-8,11-19H2,1H3,(H2,23,24,25). The first-order valence-electron chi connectivity index (χ1n) is 10.6. The summed E-state index contributed by atoms with van der Waals surface area (Å²) in [6, 6.07) is 11.0. The first-order chi connectivity index (χ1) is 13.3. The summed E-state index contributed by atoms with van der Waals surface area (Å²) in [4.78, 5) is 6.93. The van der Waals surface area contributed by atoms with E-state index >= 15 is 0 Å². The fourth-order valence-corrected chi connectivity index (χ4v) is 4.38. The lowest BCUT2D eigenvalue weighted by atomic mass is 9.79. The monoisotopic (exact) mass is 372 g/mol. The zero-order valence-corrected chi connectivity index (χ0v) is 16.9. The molecule has 2 aliphatic rings. The smallest absolute Gasteiger partial charge is 0.191 e. The fraction of sp³-hybridized carbons (Fsp3) is 0.682. The zero-order chi connectivity index (χ0) is 18.8. The van der Waals surface area contributed by atoms with Crippen molar-refractivity contribution in [2.45, 2.75) is 43.9 Å². The van der Waals surface area contributed by atoms with Crippen LogP contribution >= 0.6 is 0 Å². The number of rotatable bonds is 8. The Bertz CT molecular complexity index is 563. The van der Waals surface area contributed by atoms with E-state index in [2.05, 4.69) is 50.9 Å². The van der Waals surface area contributed by atoms with Gasteiger partial charge in [-0.3, -0.25) is 9.89 Å². The van der Waals surface area contributed by atoms with Gasteiger partial charge in [-0.15, -0.1) is 0 Å². The maximum atomic E-state index is 5.40. The molecule has 1 saturated heterocycles. The molecule has 0 amide bonds. The molecule has 1 aromatic carbocycles. The van der Waals surface area contributed by atoms with Crippen molar-refractivity contribution in [3.05, 3.63) is 35.9 Å². The lowest BCUT2D eigenvalue weighted by Gasteiger charge is -2.31. The molecule has 0 aromatic heterocycles. The normalized spacial score (nSPS) is 20.6. The molecular formula is C22H36N4O. The molecule has 0 atom stereocenters. The van der Waals surface area contributed by atoms with Gasteiger partial charge in [0.1, 0.15) is 0 Å². The lowest BCUT2D eigenvalue weighted by molar-refractivity contribution is 0.0372. The second kappa shape index (κ2) is 10.7. The predicted molar refractivity (Wildman–Crippen MR) is 112 cm³/mol. The molecule has 1 aliphatic carbocycles. The summed E-state index contributed by atoms with van der Waals surface area (Å²) >= 11 is 0. The Labute approximate surface area is 164 Å². The predicted octanol–water partition coefficient (Wildman–Crippen LogP) is 2.78. The van der Waals surface area contributed by atoms with Crippen LogP contribution in [0.5, 0.6) is 0 Å². The quantitative estimate of drug-likeness (QED) is 0.419. The van der Waals surface area contributed by atoms with Crippen LogP contribution in [-0.4, -0.2) is 63.8 Å². The number of unbranched alkanes of at least 4 members (excludes halogenated alkanes) is 1. The summed E-state index contributed by atoms with van der Waals surface area (Å²) in [5.41, 5.74) is 1.73. The summed E-state index contributed by atoms with van der Waals surface area (Å²) in [5.74, 6) is 0.934. The minimum atomic E-state index is 0.259. The van der Waals surface area contributed by atoms with Crippen LogP contribution in [0, 0.1) is 0 Å². The summed E-state index contributed by atoms with van der Waals surface area (Å²) < 4.78 is 5.40. The second-order valence-corrected chi connectivity index (χ2v) is 7.87. The molecule has 0 bridgehead atoms. The van der Waals surface area contributed by atoms with Gasteiger partial charge in [-0.1, -0.05) is 43.2 Å². The molecule has 27 heavy (non-hydrogen) atoms. The van der Waals surface area contributed by atoms with Crippen molar-refractivity contribution in [3.63, 3.8) is 0 Å². The molecule has 150 valence electrons. The van der Waals surface area contributed by atoms with Crippen molar-refractivity contribution in [1.29, 1.82) is 0 Å². The van der Waals surface area contributed by atoms with E-state index in [-0.39, 0.29) is 5.41 Å². The highest BCUT2D eigenvalue weighted by molar-refractivity contribution is 5.79. The molecule has 5 nitrogen and oxygen atoms in total. The average Bonchev–Trinajstić information content (AvgIpc) is 3.22. The Hall–Kier alpha value is -1.59. The molecule has 2 fully saturated rings. The van der Waals surface area contributed by atoms with Crippen LogP contribution in [-0.2, 0) is 10.2 Å². The number of nitrogens with one attached hydrogen (secondary N) is 2. The lowest BCUT2D eigenvalue weighted by Crippen LogP contribution is -2.45. The average molecular weight is 373 g/mol. The number of morpholine rings is 1. The van der Waals surface area contributed by atoms with Crippen LogP contribution in [0.25, 0.3) is 0 Å². The Morgan fingerprint density at radius 2 is 1.81 bits per heavy atom. The molecule has 1 aliphatic heterocycles. The van der Waals surface area contributed by atoms with Gasteiger partial charge < -0.3 is 15.4 Å². The van der Waals surface area contributed by atoms with E-state index in [1.54, 1.807) is 0 Å². The number of hydrogen-bond donors (Lipinski definition) is 2. The van der Waals surface area contributed by atoms with E-state index < -0.39 is 0 Å². The first kappa shape index (κ1) is 20.2. The van der Waals surface area contributed by atoms with E-state index in [9.17, 15) is 0 Å². The molecule has 0 spiro atoms. The topological polar surface area (TPSA) is 48.9 Å². The molecule has 0 unspecified atom stereocenters. The first-order valence-corrected chi connectivity index (χ1v) is 10.6. The maximum absolute atomic E-state index is 5.40. The molecule has 1 heterocycles. The van der Waals surface area contributed by atoms with Crippen LogP contribution in [0.1, 0.15) is 44.1 Å². The second-order valence-electron chi connectivity index (χ2n) is 7.87. The van der Waals surface area contributed by atoms with Crippen LogP contribution in [0.15, 0.2) is 35.3 Å². The number of ether oxygens (including phenoxy) is 1. The van der Waals surface area contributed by atoms with Gasteiger partial charge in [-0.2, -0.15) is 0 Å². The van der Waals surface area contributed by atoms with Crippen LogP contribution < -0.4 is 10.6 Å². The van der Waals surface area contributed by atoms with Gasteiger partial charge in [-0.05, 0) is 37.8 Å². The van der Waals surface area contributed by atoms with Crippen LogP contribution in [0.2, 0.25) is 0 Å². The molecular weight excluding hydrogens is 336 g/mol. The summed E-state index contributed by atoms with van der Waals surface area (Å²) in [6.45, 7) is 7.05. The van der Waals surface area contributed by atoms with E-state index in [4.69, 9.17) is 4.74 Å². The SMILES string of the molecule is CN=C(NCCCCN1CCOCC1)NCC1(c2ccccc2)CCCC1. The Morgan fingerprint density at radius 1 is 1.07 bits per heavy atom. The van der Waals surface area contributed by atoms with E-state index in [1.807, 2.05) is 7.05 Å². The fourth-order valence-electron chi connectivity index (χ4n) is 4.38. The number of nitrogens with zero attached hydrogens (tertiary/aromatic N) is 2. The Morgan fingerprint density at radius 3 is 2.52 bits per heavy atom. The van der Waals surface area contributed by atoms with E-state index in [1.165, 1.54) is 50.6 Å². The Kier molecular flexibility index (Phi) is 7.96. The highest BCUT2D eigenvalue weighted by Gasteiger charge is 2.35. The number of aliphatic imine (C=N–C) groups is 1. The van der Waals surface area contributed by atoms with Gasteiger partial charge in [0.05, 0.1) is 13.2 Å². The van der Waals surface area contributed by atoms with Gasteiger partial charge in [0.2, 0.25) is 0 Å². The minimum absolute atomic E-state index is 0.259. The highest BCUT2D eigenvalue weighted by Crippen LogP contribution is 2.40. The molecule has 2 N–H and O–H groups in total. The van der Waals surface area contributed by atoms with Crippen molar-refractivity contribution in [2.75, 3.05) is 53.0 Å². The zero-order valence-electron chi connectivity index (χ0n) is 16.9. The minimum Gasteiger partial charge on any atom is -0.379 e. The van der Waals surface area contributed by atoms with Crippen molar-refractivity contribution in [1.82, 2.24) is 15.5 Å². The highest BCUT2D eigenvalue weighted by atomic mass is 16.5. The Balaban J connectivity index is 1.39. The molecule has 5 heteroatoms. The van der Waals surface area contributed by atoms with Crippen LogP contribution in [0.3, 0.4) is 0 Å². The summed E-state index contributed by atoms with van der Waals surface area (Å²) in [5, 5.41) is 7.10. The van der Waals surface area contributed by atoms with Gasteiger partial charge in [0.15, 0.2) is 5.96 Å². The summed E-state index contributed by atoms with van der Waals surface area (Å²) in [6.07, 6.45) is 7.56. The number of hydrogen-bond acceptors (Lipinski definition) is 3. The van der Waals surface area contributed by atoms with E-state index in [0.717, 1.165) is 45.4 Å². The third kappa shape index (κ3) is 5.94. The van der Waals surface area contributed by atoms with Gasteiger partial charge >= 0.3 is 0 Å². The van der Waals surface area contributed by atoms with Crippen molar-refractivity contribution in [3.8, 4) is 0 Å². The molecule has 1 aromatic rings. The molecule has 3 rings (SSSR count). The van der Waals surface area contributed by atoms with Crippen molar-refractivity contribution in [2.24, 2.45) is 4.99 Å². The van der Waals surface area contributed by atoms with E-state index in [0.29, 0.717) is 0 Å². The van der Waals surface area contributed by atoms with Crippen LogP contribution in [0.4, 0.5) is 0 Å². The number of guanidine groups is 1. The van der Waals surface area contributed by atoms with Crippen molar-refractivity contribution >= 4 is 5.96 Å². The van der Waals surface area contributed by atoms with Crippen molar-refractivity contribution < 1.29 is 4.74 Å². The van der Waals surface area contributed by atoms with Gasteiger partial charge in [0, 0.05) is 38.6 Å². The van der Waals surface area contributed by atoms with Gasteiger partial charge in [0.25, 0.3) is 0 Å². The molecule has 0 radical (unpaired) electrons. The number of benzene rings is 1. The maximum Gasteiger partial charge on any atom is 0.191 e.